The van der Waals surface area contributed by atoms with Gasteiger partial charge in [0.2, 0.25) is 0 Å². The molecule has 1 aliphatic carbocycles. The number of hydrogen-bond acceptors (Lipinski definition) is 4. The lowest BCUT2D eigenvalue weighted by Crippen LogP contribution is -2.42. The third-order valence-corrected chi connectivity index (χ3v) is 5.62. The topological polar surface area (TPSA) is 50.4 Å². The number of hydrogen-bond donors (Lipinski definition) is 2. The van der Waals surface area contributed by atoms with Crippen LogP contribution in [-0.2, 0) is 4.74 Å². The van der Waals surface area contributed by atoms with Gasteiger partial charge in [-0.25, -0.2) is 4.79 Å². The van der Waals surface area contributed by atoms with Crippen molar-refractivity contribution in [1.82, 2.24) is 10.6 Å². The molecular formula is C17H32N2O2S. The van der Waals surface area contributed by atoms with Crippen LogP contribution in [0.5, 0.6) is 0 Å². The fourth-order valence-corrected chi connectivity index (χ4v) is 4.55. The molecule has 5 heteroatoms. The van der Waals surface area contributed by atoms with Gasteiger partial charge in [0.05, 0.1) is 0 Å². The smallest absolute Gasteiger partial charge is 0.407 e. The van der Waals surface area contributed by atoms with E-state index in [9.17, 15) is 4.79 Å². The Morgan fingerprint density at radius 3 is 2.55 bits per heavy atom. The van der Waals surface area contributed by atoms with E-state index in [1.807, 2.05) is 20.8 Å². The van der Waals surface area contributed by atoms with Crippen LogP contribution in [0, 0.1) is 11.8 Å². The van der Waals surface area contributed by atoms with Crippen LogP contribution in [0.1, 0.15) is 52.9 Å². The minimum Gasteiger partial charge on any atom is -0.444 e. The summed E-state index contributed by atoms with van der Waals surface area (Å²) in [5.74, 6) is 4.04. The molecule has 22 heavy (non-hydrogen) atoms. The summed E-state index contributed by atoms with van der Waals surface area (Å²) in [4.78, 5) is 11.8. The summed E-state index contributed by atoms with van der Waals surface area (Å²) in [5.41, 5.74) is -0.420. The Balaban J connectivity index is 1.67. The summed E-state index contributed by atoms with van der Waals surface area (Å²) in [6.07, 6.45) is 6.12. The maximum atomic E-state index is 11.8. The normalized spacial score (nSPS) is 26.9. The molecule has 2 atom stereocenters. The van der Waals surface area contributed by atoms with Crippen molar-refractivity contribution in [3.05, 3.63) is 0 Å². The molecule has 2 rings (SSSR count). The van der Waals surface area contributed by atoms with Crippen molar-refractivity contribution in [2.24, 2.45) is 11.8 Å². The van der Waals surface area contributed by atoms with Gasteiger partial charge in [-0.3, -0.25) is 0 Å². The van der Waals surface area contributed by atoms with Crippen molar-refractivity contribution in [2.45, 2.75) is 64.5 Å². The van der Waals surface area contributed by atoms with Crippen molar-refractivity contribution in [3.8, 4) is 0 Å². The van der Waals surface area contributed by atoms with Gasteiger partial charge >= 0.3 is 6.09 Å². The molecule has 1 saturated carbocycles. The fraction of sp³-hybridized carbons (Fsp3) is 0.941. The van der Waals surface area contributed by atoms with Crippen LogP contribution < -0.4 is 10.6 Å². The first kappa shape index (κ1) is 17.9. The van der Waals surface area contributed by atoms with Crippen molar-refractivity contribution in [2.75, 3.05) is 24.6 Å². The summed E-state index contributed by atoms with van der Waals surface area (Å²) in [6.45, 7) is 7.57. The van der Waals surface area contributed by atoms with E-state index in [0.29, 0.717) is 12.0 Å². The fourth-order valence-electron chi connectivity index (χ4n) is 3.35. The van der Waals surface area contributed by atoms with Crippen LogP contribution in [0.15, 0.2) is 0 Å². The highest BCUT2D eigenvalue weighted by molar-refractivity contribution is 7.99. The van der Waals surface area contributed by atoms with Gasteiger partial charge in [-0.2, -0.15) is 11.8 Å². The molecule has 0 aromatic rings. The Bertz CT molecular complexity index is 351. The number of alkyl carbamates (subject to hydrolysis) is 1. The molecule has 0 aromatic heterocycles. The third-order valence-electron chi connectivity index (χ3n) is 4.58. The zero-order valence-electron chi connectivity index (χ0n) is 14.3. The largest absolute Gasteiger partial charge is 0.444 e. The predicted octanol–water partition coefficient (Wildman–Crippen LogP) is 3.41. The minimum absolute atomic E-state index is 0.289. The average molecular weight is 329 g/mol. The van der Waals surface area contributed by atoms with Crippen molar-refractivity contribution < 1.29 is 9.53 Å². The highest BCUT2D eigenvalue weighted by Gasteiger charge is 2.28. The van der Waals surface area contributed by atoms with Gasteiger partial charge in [0.15, 0.2) is 0 Å². The Labute approximate surface area is 139 Å². The summed E-state index contributed by atoms with van der Waals surface area (Å²) >= 11 is 2.08. The van der Waals surface area contributed by atoms with Gasteiger partial charge in [-0.05, 0) is 76.3 Å². The first-order chi connectivity index (χ1) is 10.4. The molecule has 0 aromatic carbocycles. The standard InChI is InChI=1S/C17H32N2O2S/c1-17(2,3)21-16(20)19-12-14-5-4-6-15(14)18-11-13-7-9-22-10-8-13/h13-15,18H,4-12H2,1-3H3,(H,19,20). The number of rotatable bonds is 5. The molecule has 1 amide bonds. The highest BCUT2D eigenvalue weighted by Crippen LogP contribution is 2.27. The Morgan fingerprint density at radius 2 is 1.86 bits per heavy atom. The Hall–Kier alpha value is -0.420. The van der Waals surface area contributed by atoms with Crippen LogP contribution in [0.25, 0.3) is 0 Å². The van der Waals surface area contributed by atoms with Crippen LogP contribution in [0.2, 0.25) is 0 Å². The average Bonchev–Trinajstić information content (AvgIpc) is 2.90. The van der Waals surface area contributed by atoms with Crippen molar-refractivity contribution >= 4 is 17.9 Å². The summed E-state index contributed by atoms with van der Waals surface area (Å²) in [6, 6.07) is 0.560. The molecule has 128 valence electrons. The third kappa shape index (κ3) is 6.37. The van der Waals surface area contributed by atoms with E-state index in [0.717, 1.165) is 19.0 Å². The lowest BCUT2D eigenvalue weighted by molar-refractivity contribution is 0.0517. The van der Waals surface area contributed by atoms with E-state index >= 15 is 0 Å². The highest BCUT2D eigenvalue weighted by atomic mass is 32.2. The number of thioether (sulfide) groups is 1. The van der Waals surface area contributed by atoms with E-state index < -0.39 is 5.60 Å². The van der Waals surface area contributed by atoms with Gasteiger partial charge in [-0.15, -0.1) is 0 Å². The molecule has 0 radical (unpaired) electrons. The van der Waals surface area contributed by atoms with Gasteiger partial charge in [0.25, 0.3) is 0 Å². The summed E-state index contributed by atoms with van der Waals surface area (Å²) < 4.78 is 5.32. The van der Waals surface area contributed by atoms with Crippen molar-refractivity contribution in [1.29, 1.82) is 0 Å². The lowest BCUT2D eigenvalue weighted by Gasteiger charge is -2.27. The second-order valence-electron chi connectivity index (χ2n) is 7.64. The molecule has 2 N–H and O–H groups in total. The summed E-state index contributed by atoms with van der Waals surface area (Å²) in [7, 11) is 0. The quantitative estimate of drug-likeness (QED) is 0.812. The van der Waals surface area contributed by atoms with E-state index in [2.05, 4.69) is 22.4 Å². The number of carbonyl (C=O) groups excluding carboxylic acids is 1. The maximum absolute atomic E-state index is 11.8. The predicted molar refractivity (Wildman–Crippen MR) is 93.4 cm³/mol. The van der Waals surface area contributed by atoms with Gasteiger partial charge in [0.1, 0.15) is 5.60 Å². The van der Waals surface area contributed by atoms with E-state index in [4.69, 9.17) is 4.74 Å². The lowest BCUT2D eigenvalue weighted by atomic mass is 10.00. The van der Waals surface area contributed by atoms with E-state index in [1.54, 1.807) is 0 Å². The SMILES string of the molecule is CC(C)(C)OC(=O)NCC1CCCC1NCC1CCSCC1. The Morgan fingerprint density at radius 1 is 1.14 bits per heavy atom. The zero-order chi connectivity index (χ0) is 16.0. The molecule has 0 bridgehead atoms. The zero-order valence-corrected chi connectivity index (χ0v) is 15.1. The van der Waals surface area contributed by atoms with E-state index in [-0.39, 0.29) is 6.09 Å². The number of ether oxygens (including phenoxy) is 1. The monoisotopic (exact) mass is 328 g/mol. The van der Waals surface area contributed by atoms with Crippen LogP contribution in [0.3, 0.4) is 0 Å². The maximum Gasteiger partial charge on any atom is 0.407 e. The second kappa shape index (κ2) is 8.44. The molecule has 1 saturated heterocycles. The molecule has 2 unspecified atom stereocenters. The number of amides is 1. The molecule has 4 nitrogen and oxygen atoms in total. The molecule has 2 aliphatic rings. The molecule has 2 fully saturated rings. The van der Waals surface area contributed by atoms with Gasteiger partial charge < -0.3 is 15.4 Å². The van der Waals surface area contributed by atoms with Crippen LogP contribution >= 0.6 is 11.8 Å². The second-order valence-corrected chi connectivity index (χ2v) is 8.87. The number of nitrogens with one attached hydrogen (secondary N) is 2. The molecule has 1 heterocycles. The van der Waals surface area contributed by atoms with E-state index in [1.165, 1.54) is 43.6 Å². The van der Waals surface area contributed by atoms with Gasteiger partial charge in [-0.1, -0.05) is 6.42 Å². The van der Waals surface area contributed by atoms with Crippen molar-refractivity contribution in [3.63, 3.8) is 0 Å². The van der Waals surface area contributed by atoms with Crippen LogP contribution in [-0.4, -0.2) is 42.3 Å². The Kier molecular flexibility index (Phi) is 6.87. The summed E-state index contributed by atoms with van der Waals surface area (Å²) in [5, 5.41) is 6.72. The molecular weight excluding hydrogens is 296 g/mol. The van der Waals surface area contributed by atoms with Gasteiger partial charge in [0, 0.05) is 12.6 Å². The first-order valence-electron chi connectivity index (χ1n) is 8.72. The molecule has 0 spiro atoms. The van der Waals surface area contributed by atoms with Crippen LogP contribution in [0.4, 0.5) is 4.79 Å². The molecule has 1 aliphatic heterocycles. The first-order valence-corrected chi connectivity index (χ1v) is 9.87. The number of carbonyl (C=O) groups is 1. The minimum atomic E-state index is -0.420.